The molecule has 712 valence electrons. The van der Waals surface area contributed by atoms with Crippen LogP contribution in [0.4, 0.5) is 0 Å². The van der Waals surface area contributed by atoms with Gasteiger partial charge in [-0.05, 0) is 412 Å². The molecule has 5 heteroatoms. The van der Waals surface area contributed by atoms with Crippen LogP contribution < -0.4 is 0 Å². The van der Waals surface area contributed by atoms with Gasteiger partial charge in [0.25, 0.3) is 0 Å². The first-order valence-electron chi connectivity index (χ1n) is 56.1. The minimum Gasteiger partial charge on any atom is -0.309 e. The molecule has 17 aliphatic rings. The second-order valence-corrected chi connectivity index (χ2v) is 50.4. The van der Waals surface area contributed by atoms with Crippen molar-refractivity contribution in [1.82, 2.24) is 13.7 Å². The number of para-hydroxylation sites is 3. The van der Waals surface area contributed by atoms with Crippen LogP contribution in [0.3, 0.4) is 0 Å². The maximum Gasteiger partial charge on any atom is 0.0547 e. The number of benzene rings is 18. The van der Waals surface area contributed by atoms with Crippen molar-refractivity contribution >= 4 is 128 Å². The first-order valence-corrected chi connectivity index (χ1v) is 57.7. The molecule has 12 bridgehead atoms. The lowest BCUT2D eigenvalue weighted by Gasteiger charge is -2.61. The lowest BCUT2D eigenvalue weighted by Crippen LogP contribution is -2.55. The number of hydrogen-bond acceptors (Lipinski definition) is 2. The molecule has 13 saturated carbocycles. The van der Waals surface area contributed by atoms with Crippen molar-refractivity contribution in [2.45, 2.75) is 144 Å². The zero-order valence-corrected chi connectivity index (χ0v) is 85.0. The molecule has 18 aromatic carbocycles. The van der Waals surface area contributed by atoms with Gasteiger partial charge in [-0.25, -0.2) is 0 Å². The van der Waals surface area contributed by atoms with Gasteiger partial charge in [0.15, 0.2) is 0 Å². The highest BCUT2D eigenvalue weighted by Gasteiger charge is 2.65. The van der Waals surface area contributed by atoms with Crippen LogP contribution in [-0.4, -0.2) is 13.7 Å². The summed E-state index contributed by atoms with van der Waals surface area (Å²) in [4.78, 5) is 0. The zero-order valence-electron chi connectivity index (χ0n) is 83.4. The van der Waals surface area contributed by atoms with Gasteiger partial charge in [0.2, 0.25) is 0 Å². The Morgan fingerprint density at radius 1 is 0.182 bits per heavy atom. The molecule has 0 saturated heterocycles. The molecule has 40 rings (SSSR count). The Labute approximate surface area is 871 Å². The molecular formula is C143H113N3S2. The van der Waals surface area contributed by atoms with Crippen LogP contribution in [0, 0.1) is 71.0 Å². The molecule has 0 atom stereocenters. The van der Waals surface area contributed by atoms with Crippen LogP contribution in [0.5, 0.6) is 0 Å². The van der Waals surface area contributed by atoms with Crippen LogP contribution in [0.1, 0.15) is 167 Å². The molecule has 0 N–H and O–H groups in total. The SMILES string of the molecule is c1ccc2c(c1)-c1ccc(-c3ccc4c5ccccc5n(-c5ccc6c(c5)C5(c7ccccc7-6)C6CC7CC(C6)CC5C7)c4c3)cc1C21CCCC1.c1ccc2c(c1)-c1ccc(-n3c4ccccc4c4c(-c5ccc6c(c5)sc5ccccc56)cccc43)cc1C21C2CC3CC(C2)CC1C3.c1ccc2c(c1)-c1ccc(-n3c4ccccc4c4cc(-c5cccc6sc7ccccc7c56)ccc43)cc1C21C2CC3CC(C2)CC1C3. The van der Waals surface area contributed by atoms with Crippen molar-refractivity contribution in [2.75, 3.05) is 0 Å². The van der Waals surface area contributed by atoms with Crippen LogP contribution in [0.2, 0.25) is 0 Å². The average Bonchev–Trinajstić information content (AvgIpc) is 1.51. The lowest BCUT2D eigenvalue weighted by atomic mass is 9.43. The Hall–Kier alpha value is -14.2. The molecule has 148 heavy (non-hydrogen) atoms. The minimum atomic E-state index is 0.164. The average molecular weight is 1940 g/mol. The number of fused-ring (bicyclic) bond motifs is 29. The predicted octanol–water partition coefficient (Wildman–Crippen LogP) is 38.1. The molecule has 0 amide bonds. The van der Waals surface area contributed by atoms with Gasteiger partial charge in [0.05, 0.1) is 33.1 Å². The predicted molar refractivity (Wildman–Crippen MR) is 619 cm³/mol. The summed E-state index contributed by atoms with van der Waals surface area (Å²) in [5.74, 6) is 10.3. The first kappa shape index (κ1) is 83.8. The van der Waals surface area contributed by atoms with E-state index >= 15 is 0 Å². The Kier molecular flexibility index (Phi) is 17.4. The summed E-state index contributed by atoms with van der Waals surface area (Å²) >= 11 is 3.80. The summed E-state index contributed by atoms with van der Waals surface area (Å²) in [6.45, 7) is 0. The third-order valence-corrected chi connectivity index (χ3v) is 44.2. The lowest BCUT2D eigenvalue weighted by molar-refractivity contribution is -0.0399. The van der Waals surface area contributed by atoms with E-state index in [1.165, 1.54) is 323 Å². The topological polar surface area (TPSA) is 14.8 Å². The highest BCUT2D eigenvalue weighted by molar-refractivity contribution is 7.26. The molecule has 17 aliphatic carbocycles. The number of rotatable bonds is 6. The second-order valence-electron chi connectivity index (χ2n) is 48.2. The van der Waals surface area contributed by atoms with Crippen molar-refractivity contribution < 1.29 is 0 Å². The maximum atomic E-state index is 2.66. The number of thiophene rings is 2. The smallest absolute Gasteiger partial charge is 0.0547 e. The molecule has 0 unspecified atom stereocenters. The summed E-state index contributed by atoms with van der Waals surface area (Å²) in [6.07, 6.45) is 26.6. The monoisotopic (exact) mass is 1940 g/mol. The Morgan fingerprint density at radius 2 is 0.514 bits per heavy atom. The van der Waals surface area contributed by atoms with Gasteiger partial charge in [0, 0.05) is 111 Å². The second kappa shape index (κ2) is 30.8. The highest BCUT2D eigenvalue weighted by atomic mass is 32.1. The normalized spacial score (nSPS) is 25.7. The highest BCUT2D eigenvalue weighted by Crippen LogP contribution is 2.74. The van der Waals surface area contributed by atoms with Crippen molar-refractivity contribution in [3.63, 3.8) is 0 Å². The number of aromatic nitrogens is 3. The van der Waals surface area contributed by atoms with E-state index in [9.17, 15) is 0 Å². The summed E-state index contributed by atoms with van der Waals surface area (Å²) in [7, 11) is 0. The summed E-state index contributed by atoms with van der Waals surface area (Å²) in [5.41, 5.74) is 45.0. The summed E-state index contributed by atoms with van der Waals surface area (Å²) < 4.78 is 13.1. The molecule has 5 aromatic heterocycles. The van der Waals surface area contributed by atoms with E-state index in [4.69, 9.17) is 0 Å². The standard InChI is InChI=1S/C51H43N.2C46H35NS/c1-4-12-44-38(9-1)40-18-15-33(28-46(40)50(44)21-7-8-22-50)34-16-19-43-42-11-3-6-14-48(42)52(49(43)29-34)37-17-20-41-39-10-2-5-13-45(39)51(47(41)30-37)35-24-31-23-32(26-35)27-36(51)25-31;1-4-12-39-34(8-1)35-19-17-32(26-40(35)46(39)30-21-27-20-28(23-30)24-31(46)22-27)47-41-13-5-2-10-38(41)45-33(11-7-14-42(45)47)29-16-18-37-36-9-3-6-15-43(36)48-44(37)25-29;1-4-12-39-34(8-1)35-18-17-32(26-40(35)46(39)30-21-27-20-28(23-30)24-31(46)22-27)47-41-13-5-2-9-36(41)38-25-29(16-19-42(38)47)33-11-7-15-44-45(33)37-10-3-6-14-43(37)48-44/h1-6,9-20,28-32,35-36H,7-8,21-27H2;2*1-19,25-28,30-31H,20-24H2. The minimum absolute atomic E-state index is 0.164. The maximum absolute atomic E-state index is 2.66. The van der Waals surface area contributed by atoms with Crippen LogP contribution in [0.25, 0.3) is 201 Å². The third-order valence-electron chi connectivity index (χ3n) is 41.9. The Morgan fingerprint density at radius 3 is 1.06 bits per heavy atom. The zero-order chi connectivity index (χ0) is 96.0. The molecule has 3 nitrogen and oxygen atoms in total. The van der Waals surface area contributed by atoms with Crippen LogP contribution in [-0.2, 0) is 21.7 Å². The van der Waals surface area contributed by atoms with E-state index in [-0.39, 0.29) is 21.7 Å². The quantitative estimate of drug-likeness (QED) is 0.158. The number of hydrogen-bond donors (Lipinski definition) is 0. The van der Waals surface area contributed by atoms with E-state index in [1.807, 2.05) is 22.7 Å². The van der Waals surface area contributed by atoms with Gasteiger partial charge in [-0.1, -0.05) is 286 Å². The number of nitrogens with zero attached hydrogens (tertiary/aromatic N) is 3. The fourth-order valence-electron chi connectivity index (χ4n) is 37.3. The van der Waals surface area contributed by atoms with Gasteiger partial charge in [-0.3, -0.25) is 0 Å². The van der Waals surface area contributed by atoms with E-state index in [0.29, 0.717) is 0 Å². The van der Waals surface area contributed by atoms with Gasteiger partial charge < -0.3 is 13.7 Å². The van der Waals surface area contributed by atoms with Crippen LogP contribution >= 0.6 is 22.7 Å². The van der Waals surface area contributed by atoms with Crippen LogP contribution in [0.15, 0.2) is 382 Å². The fourth-order valence-corrected chi connectivity index (χ4v) is 39.6. The Balaban J connectivity index is 0.0000000934. The summed E-state index contributed by atoms with van der Waals surface area (Å²) in [6, 6.07) is 148. The van der Waals surface area contributed by atoms with Crippen molar-refractivity contribution in [3.8, 4) is 95.0 Å². The van der Waals surface area contributed by atoms with Gasteiger partial charge in [0.1, 0.15) is 0 Å². The van der Waals surface area contributed by atoms with Gasteiger partial charge in [-0.2, -0.15) is 0 Å². The van der Waals surface area contributed by atoms with Crippen molar-refractivity contribution in [3.05, 3.63) is 427 Å². The van der Waals surface area contributed by atoms with Crippen molar-refractivity contribution in [2.24, 2.45) is 71.0 Å². The molecule has 0 aliphatic heterocycles. The first-order chi connectivity index (χ1) is 73.2. The molecule has 5 heterocycles. The third kappa shape index (κ3) is 11.2. The molecule has 0 radical (unpaired) electrons. The van der Waals surface area contributed by atoms with E-state index < -0.39 is 0 Å². The van der Waals surface area contributed by atoms with Gasteiger partial charge >= 0.3 is 0 Å². The van der Waals surface area contributed by atoms with Gasteiger partial charge in [-0.15, -0.1) is 22.7 Å². The van der Waals surface area contributed by atoms with E-state index in [1.54, 1.807) is 44.5 Å². The molecular weight excluding hydrogens is 1820 g/mol. The van der Waals surface area contributed by atoms with Crippen molar-refractivity contribution in [1.29, 1.82) is 0 Å². The summed E-state index contributed by atoms with van der Waals surface area (Å²) in [5, 5.41) is 13.4. The Bertz CT molecular complexity index is 9630. The molecule has 13 fully saturated rings. The fraction of sp³-hybridized carbons (Fsp3) is 0.245. The van der Waals surface area contributed by atoms with E-state index in [2.05, 4.69) is 396 Å². The largest absolute Gasteiger partial charge is 0.309 e. The molecule has 4 spiro atoms. The molecule has 23 aromatic rings. The van der Waals surface area contributed by atoms with E-state index in [0.717, 1.165) is 71.0 Å².